The Balaban J connectivity index is 4.07. The maximum atomic E-state index is 11.7. The molecule has 0 aliphatic heterocycles. The van der Waals surface area contributed by atoms with Gasteiger partial charge in [-0.2, -0.15) is 0 Å². The number of hydrogen-bond donors (Lipinski definition) is 2. The molecule has 0 rings (SSSR count). The average molecular weight is 214 g/mol. The SMILES string of the molecule is CCNC(=O)C(C)(C)CNC(CC)CC. The molecule has 0 aromatic rings. The largest absolute Gasteiger partial charge is 0.356 e. The molecular formula is C12H26N2O. The van der Waals surface area contributed by atoms with E-state index in [1.807, 2.05) is 20.8 Å². The zero-order valence-electron chi connectivity index (χ0n) is 10.8. The third-order valence-electron chi connectivity index (χ3n) is 2.77. The number of nitrogens with one attached hydrogen (secondary N) is 2. The average Bonchev–Trinajstić information content (AvgIpc) is 2.19. The molecule has 0 aliphatic rings. The van der Waals surface area contributed by atoms with E-state index in [9.17, 15) is 4.79 Å². The molecule has 0 fully saturated rings. The summed E-state index contributed by atoms with van der Waals surface area (Å²) in [5.74, 6) is 0.128. The van der Waals surface area contributed by atoms with Gasteiger partial charge >= 0.3 is 0 Å². The highest BCUT2D eigenvalue weighted by molar-refractivity contribution is 5.81. The summed E-state index contributed by atoms with van der Waals surface area (Å²) in [6, 6.07) is 0.527. The van der Waals surface area contributed by atoms with Gasteiger partial charge in [0.15, 0.2) is 0 Å². The Kier molecular flexibility index (Phi) is 6.57. The van der Waals surface area contributed by atoms with Gasteiger partial charge in [-0.25, -0.2) is 0 Å². The van der Waals surface area contributed by atoms with Crippen LogP contribution in [0.5, 0.6) is 0 Å². The molecule has 15 heavy (non-hydrogen) atoms. The highest BCUT2D eigenvalue weighted by Gasteiger charge is 2.27. The van der Waals surface area contributed by atoms with Gasteiger partial charge in [0.2, 0.25) is 5.91 Å². The molecule has 0 saturated heterocycles. The van der Waals surface area contributed by atoms with Gasteiger partial charge in [0.05, 0.1) is 5.41 Å². The van der Waals surface area contributed by atoms with Crippen molar-refractivity contribution in [2.75, 3.05) is 13.1 Å². The molecule has 2 N–H and O–H groups in total. The van der Waals surface area contributed by atoms with Crippen LogP contribution in [0, 0.1) is 5.41 Å². The smallest absolute Gasteiger partial charge is 0.226 e. The van der Waals surface area contributed by atoms with Crippen molar-refractivity contribution < 1.29 is 4.79 Å². The Morgan fingerprint density at radius 1 is 1.20 bits per heavy atom. The third kappa shape index (κ3) is 5.17. The Hall–Kier alpha value is -0.570. The van der Waals surface area contributed by atoms with Gasteiger partial charge in [0.1, 0.15) is 0 Å². The zero-order valence-corrected chi connectivity index (χ0v) is 10.8. The van der Waals surface area contributed by atoms with Gasteiger partial charge in [0, 0.05) is 19.1 Å². The molecular weight excluding hydrogens is 188 g/mol. The van der Waals surface area contributed by atoms with Gasteiger partial charge in [-0.1, -0.05) is 13.8 Å². The molecule has 0 aromatic carbocycles. The van der Waals surface area contributed by atoms with Crippen LogP contribution in [0.1, 0.15) is 47.5 Å². The van der Waals surface area contributed by atoms with E-state index in [-0.39, 0.29) is 11.3 Å². The Bertz CT molecular complexity index is 186. The third-order valence-corrected chi connectivity index (χ3v) is 2.77. The lowest BCUT2D eigenvalue weighted by Gasteiger charge is -2.26. The van der Waals surface area contributed by atoms with Gasteiger partial charge in [-0.15, -0.1) is 0 Å². The van der Waals surface area contributed by atoms with Crippen LogP contribution in [-0.4, -0.2) is 25.0 Å². The number of rotatable bonds is 7. The fourth-order valence-corrected chi connectivity index (χ4v) is 1.46. The first-order valence-electron chi connectivity index (χ1n) is 5.99. The van der Waals surface area contributed by atoms with Crippen LogP contribution >= 0.6 is 0 Å². The molecule has 0 atom stereocenters. The molecule has 0 radical (unpaired) electrons. The second kappa shape index (κ2) is 6.83. The highest BCUT2D eigenvalue weighted by atomic mass is 16.2. The Morgan fingerprint density at radius 3 is 2.13 bits per heavy atom. The molecule has 0 aliphatic carbocycles. The van der Waals surface area contributed by atoms with Gasteiger partial charge in [-0.05, 0) is 33.6 Å². The first kappa shape index (κ1) is 14.4. The van der Waals surface area contributed by atoms with E-state index in [0.717, 1.165) is 19.4 Å². The summed E-state index contributed by atoms with van der Waals surface area (Å²) in [5.41, 5.74) is -0.321. The van der Waals surface area contributed by atoms with Gasteiger partial charge in [0.25, 0.3) is 0 Å². The van der Waals surface area contributed by atoms with Crippen LogP contribution in [0.25, 0.3) is 0 Å². The van der Waals surface area contributed by atoms with E-state index < -0.39 is 0 Å². The molecule has 0 bridgehead atoms. The van der Waals surface area contributed by atoms with Crippen molar-refractivity contribution in [2.45, 2.75) is 53.5 Å². The predicted molar refractivity (Wildman–Crippen MR) is 64.8 cm³/mol. The van der Waals surface area contributed by atoms with Crippen molar-refractivity contribution in [1.82, 2.24) is 10.6 Å². The van der Waals surface area contributed by atoms with Crippen LogP contribution in [0.2, 0.25) is 0 Å². The molecule has 0 unspecified atom stereocenters. The minimum atomic E-state index is -0.321. The summed E-state index contributed by atoms with van der Waals surface area (Å²) >= 11 is 0. The van der Waals surface area contributed by atoms with Crippen LogP contribution in [0.3, 0.4) is 0 Å². The molecule has 3 heteroatoms. The number of hydrogen-bond acceptors (Lipinski definition) is 2. The van der Waals surface area contributed by atoms with Crippen LogP contribution in [0.4, 0.5) is 0 Å². The summed E-state index contributed by atoms with van der Waals surface area (Å²) in [5, 5.41) is 6.30. The molecule has 0 spiro atoms. The lowest BCUT2D eigenvalue weighted by Crippen LogP contribution is -2.45. The van der Waals surface area contributed by atoms with E-state index in [1.165, 1.54) is 0 Å². The van der Waals surface area contributed by atoms with Crippen molar-refractivity contribution in [2.24, 2.45) is 5.41 Å². The lowest BCUT2D eigenvalue weighted by atomic mass is 9.91. The van der Waals surface area contributed by atoms with Crippen LogP contribution < -0.4 is 10.6 Å². The summed E-state index contributed by atoms with van der Waals surface area (Å²) < 4.78 is 0. The van der Waals surface area contributed by atoms with E-state index >= 15 is 0 Å². The maximum absolute atomic E-state index is 11.7. The lowest BCUT2D eigenvalue weighted by molar-refractivity contribution is -0.129. The van der Waals surface area contributed by atoms with Crippen molar-refractivity contribution in [3.63, 3.8) is 0 Å². The van der Waals surface area contributed by atoms with Crippen molar-refractivity contribution in [3.8, 4) is 0 Å². The molecule has 0 saturated carbocycles. The fraction of sp³-hybridized carbons (Fsp3) is 0.917. The van der Waals surface area contributed by atoms with E-state index in [1.54, 1.807) is 0 Å². The Morgan fingerprint density at radius 2 is 1.73 bits per heavy atom. The molecule has 90 valence electrons. The summed E-state index contributed by atoms with van der Waals surface area (Å²) in [4.78, 5) is 11.7. The minimum absolute atomic E-state index is 0.128. The zero-order chi connectivity index (χ0) is 11.9. The normalized spacial score (nSPS) is 11.9. The summed E-state index contributed by atoms with van der Waals surface area (Å²) in [7, 11) is 0. The van der Waals surface area contributed by atoms with Crippen molar-refractivity contribution >= 4 is 5.91 Å². The van der Waals surface area contributed by atoms with E-state index in [0.29, 0.717) is 12.6 Å². The number of carbonyl (C=O) groups is 1. The number of carbonyl (C=O) groups excluding carboxylic acids is 1. The molecule has 3 nitrogen and oxygen atoms in total. The molecule has 0 heterocycles. The van der Waals surface area contributed by atoms with Gasteiger partial charge in [-0.3, -0.25) is 4.79 Å². The fourth-order valence-electron chi connectivity index (χ4n) is 1.46. The topological polar surface area (TPSA) is 41.1 Å². The first-order valence-corrected chi connectivity index (χ1v) is 5.99. The standard InChI is InChI=1S/C12H26N2O/c1-6-10(7-2)14-9-12(4,5)11(15)13-8-3/h10,14H,6-9H2,1-5H3,(H,13,15). The minimum Gasteiger partial charge on any atom is -0.356 e. The van der Waals surface area contributed by atoms with Crippen molar-refractivity contribution in [1.29, 1.82) is 0 Å². The number of amides is 1. The van der Waals surface area contributed by atoms with Crippen LogP contribution in [0.15, 0.2) is 0 Å². The quantitative estimate of drug-likeness (QED) is 0.680. The predicted octanol–water partition coefficient (Wildman–Crippen LogP) is 1.93. The first-order chi connectivity index (χ1) is 6.97. The van der Waals surface area contributed by atoms with E-state index in [4.69, 9.17) is 0 Å². The van der Waals surface area contributed by atoms with Crippen LogP contribution in [-0.2, 0) is 4.79 Å². The van der Waals surface area contributed by atoms with Gasteiger partial charge < -0.3 is 10.6 Å². The van der Waals surface area contributed by atoms with Crippen molar-refractivity contribution in [3.05, 3.63) is 0 Å². The highest BCUT2D eigenvalue weighted by Crippen LogP contribution is 2.14. The van der Waals surface area contributed by atoms with E-state index in [2.05, 4.69) is 24.5 Å². The summed E-state index contributed by atoms with van der Waals surface area (Å²) in [6.07, 6.45) is 2.23. The second-order valence-corrected chi connectivity index (χ2v) is 4.64. The molecule has 0 aromatic heterocycles. The second-order valence-electron chi connectivity index (χ2n) is 4.64. The summed E-state index contributed by atoms with van der Waals surface area (Å²) in [6.45, 7) is 11.7. The monoisotopic (exact) mass is 214 g/mol. The molecule has 1 amide bonds. The Labute approximate surface area is 94.0 Å². The maximum Gasteiger partial charge on any atom is 0.226 e.